The van der Waals surface area contributed by atoms with Crippen molar-refractivity contribution < 1.29 is 17.6 Å². The number of carbonyl (C=O) groups excluding carboxylic acids is 1. The molecule has 1 aliphatic rings. The van der Waals surface area contributed by atoms with Gasteiger partial charge < -0.3 is 9.32 Å². The van der Waals surface area contributed by atoms with Crippen LogP contribution in [0.2, 0.25) is 0 Å². The summed E-state index contributed by atoms with van der Waals surface area (Å²) in [6.45, 7) is 4.80. The summed E-state index contributed by atoms with van der Waals surface area (Å²) < 4.78 is 31.9. The van der Waals surface area contributed by atoms with Crippen molar-refractivity contribution in [2.24, 2.45) is 5.92 Å². The number of carbonyl (C=O) groups is 1. The SMILES string of the molecule is CCC[C@@H]1CN(C(=O)c2cc(C)oc2-c2ccccc2)C[C@H]1NS(C)(=O)=O. The zero-order valence-corrected chi connectivity index (χ0v) is 16.8. The smallest absolute Gasteiger partial charge is 0.257 e. The molecule has 1 fully saturated rings. The molecule has 0 saturated carbocycles. The topological polar surface area (TPSA) is 79.6 Å². The van der Waals surface area contributed by atoms with Crippen LogP contribution < -0.4 is 4.72 Å². The Morgan fingerprint density at radius 1 is 1.26 bits per heavy atom. The second kappa shape index (κ2) is 7.86. The predicted molar refractivity (Wildman–Crippen MR) is 105 cm³/mol. The van der Waals surface area contributed by atoms with Crippen LogP contribution in [-0.4, -0.2) is 44.6 Å². The molecule has 0 bridgehead atoms. The Hall–Kier alpha value is -2.12. The van der Waals surface area contributed by atoms with Gasteiger partial charge in [-0.2, -0.15) is 0 Å². The highest BCUT2D eigenvalue weighted by Crippen LogP contribution is 2.30. The van der Waals surface area contributed by atoms with Crippen LogP contribution in [0.25, 0.3) is 11.3 Å². The van der Waals surface area contributed by atoms with E-state index in [-0.39, 0.29) is 17.9 Å². The quantitative estimate of drug-likeness (QED) is 0.822. The van der Waals surface area contributed by atoms with Crippen molar-refractivity contribution in [3.05, 3.63) is 47.7 Å². The fourth-order valence-electron chi connectivity index (χ4n) is 3.76. The molecule has 0 spiro atoms. The third-order valence-corrected chi connectivity index (χ3v) is 5.61. The molecule has 1 N–H and O–H groups in total. The minimum absolute atomic E-state index is 0.113. The molecule has 146 valence electrons. The average Bonchev–Trinajstić information content (AvgIpc) is 3.18. The summed E-state index contributed by atoms with van der Waals surface area (Å²) in [5.41, 5.74) is 1.37. The summed E-state index contributed by atoms with van der Waals surface area (Å²) in [5, 5.41) is 0. The van der Waals surface area contributed by atoms with Gasteiger partial charge in [-0.25, -0.2) is 13.1 Å². The van der Waals surface area contributed by atoms with Crippen LogP contribution in [0.4, 0.5) is 0 Å². The summed E-state index contributed by atoms with van der Waals surface area (Å²) in [5.74, 6) is 1.23. The number of aryl methyl sites for hydroxylation is 1. The number of nitrogens with one attached hydrogen (secondary N) is 1. The van der Waals surface area contributed by atoms with Crippen LogP contribution in [0.1, 0.15) is 35.9 Å². The summed E-state index contributed by atoms with van der Waals surface area (Å²) in [6.07, 6.45) is 2.97. The molecule has 1 saturated heterocycles. The lowest BCUT2D eigenvalue weighted by Crippen LogP contribution is -2.40. The van der Waals surface area contributed by atoms with Gasteiger partial charge >= 0.3 is 0 Å². The number of hydrogen-bond acceptors (Lipinski definition) is 4. The molecule has 2 aromatic rings. The first kappa shape index (κ1) is 19.6. The van der Waals surface area contributed by atoms with Crippen molar-refractivity contribution in [3.63, 3.8) is 0 Å². The number of nitrogens with zero attached hydrogens (tertiary/aromatic N) is 1. The molecule has 1 amide bonds. The van der Waals surface area contributed by atoms with E-state index in [4.69, 9.17) is 4.42 Å². The number of likely N-dealkylation sites (tertiary alicyclic amines) is 1. The number of sulfonamides is 1. The highest BCUT2D eigenvalue weighted by Gasteiger charge is 2.37. The fourth-order valence-corrected chi connectivity index (χ4v) is 4.57. The van der Waals surface area contributed by atoms with Crippen molar-refractivity contribution in [2.75, 3.05) is 19.3 Å². The van der Waals surface area contributed by atoms with E-state index in [0.717, 1.165) is 24.7 Å². The number of rotatable bonds is 6. The normalized spacial score (nSPS) is 20.2. The molecule has 2 heterocycles. The van der Waals surface area contributed by atoms with Crippen LogP contribution in [0.15, 0.2) is 40.8 Å². The van der Waals surface area contributed by atoms with E-state index in [1.54, 1.807) is 11.0 Å². The second-order valence-corrected chi connectivity index (χ2v) is 9.00. The van der Waals surface area contributed by atoms with E-state index in [1.807, 2.05) is 37.3 Å². The van der Waals surface area contributed by atoms with Crippen molar-refractivity contribution >= 4 is 15.9 Å². The van der Waals surface area contributed by atoms with Gasteiger partial charge in [-0.15, -0.1) is 0 Å². The summed E-state index contributed by atoms with van der Waals surface area (Å²) in [7, 11) is -3.33. The molecular weight excluding hydrogens is 364 g/mol. The molecule has 6 nitrogen and oxygen atoms in total. The van der Waals surface area contributed by atoms with E-state index in [2.05, 4.69) is 11.6 Å². The molecule has 0 unspecified atom stereocenters. The Morgan fingerprint density at radius 3 is 2.59 bits per heavy atom. The lowest BCUT2D eigenvalue weighted by Gasteiger charge is -2.17. The minimum atomic E-state index is -3.33. The van der Waals surface area contributed by atoms with Gasteiger partial charge in [0.1, 0.15) is 11.5 Å². The monoisotopic (exact) mass is 390 g/mol. The zero-order valence-electron chi connectivity index (χ0n) is 15.9. The van der Waals surface area contributed by atoms with E-state index in [9.17, 15) is 13.2 Å². The standard InChI is InChI=1S/C20H26N2O4S/c1-4-8-16-12-22(13-18(16)21-27(3,24)25)20(23)17-11-14(2)26-19(17)15-9-6-5-7-10-15/h5-7,9-11,16,18,21H,4,8,12-13H2,1-3H3/t16-,18-/m1/s1. The van der Waals surface area contributed by atoms with Crippen LogP contribution in [-0.2, 0) is 10.0 Å². The van der Waals surface area contributed by atoms with E-state index in [0.29, 0.717) is 30.2 Å². The molecule has 3 rings (SSSR count). The summed E-state index contributed by atoms with van der Waals surface area (Å²) in [4.78, 5) is 14.9. The highest BCUT2D eigenvalue weighted by molar-refractivity contribution is 7.88. The Kier molecular flexibility index (Phi) is 5.72. The molecule has 7 heteroatoms. The molecule has 1 aliphatic heterocycles. The molecule has 1 aromatic heterocycles. The van der Waals surface area contributed by atoms with Gasteiger partial charge in [-0.3, -0.25) is 4.79 Å². The van der Waals surface area contributed by atoms with Gasteiger partial charge in [0, 0.05) is 24.7 Å². The van der Waals surface area contributed by atoms with Crippen LogP contribution in [0, 0.1) is 12.8 Å². The van der Waals surface area contributed by atoms with Crippen molar-refractivity contribution in [1.29, 1.82) is 0 Å². The van der Waals surface area contributed by atoms with Gasteiger partial charge in [0.25, 0.3) is 5.91 Å². The Morgan fingerprint density at radius 2 is 1.96 bits per heavy atom. The highest BCUT2D eigenvalue weighted by atomic mass is 32.2. The number of hydrogen-bond donors (Lipinski definition) is 1. The van der Waals surface area contributed by atoms with Gasteiger partial charge in [0.2, 0.25) is 10.0 Å². The first-order chi connectivity index (χ1) is 12.8. The molecule has 2 atom stereocenters. The average molecular weight is 391 g/mol. The summed E-state index contributed by atoms with van der Waals surface area (Å²) in [6, 6.07) is 11.0. The third kappa shape index (κ3) is 4.59. The third-order valence-electron chi connectivity index (χ3n) is 4.87. The Labute approximate surface area is 160 Å². The first-order valence-corrected chi connectivity index (χ1v) is 11.1. The zero-order chi connectivity index (χ0) is 19.6. The van der Waals surface area contributed by atoms with Gasteiger partial charge in [0.05, 0.1) is 11.8 Å². The molecule has 1 aromatic carbocycles. The van der Waals surface area contributed by atoms with Crippen molar-refractivity contribution in [2.45, 2.75) is 32.7 Å². The molecular formula is C20H26N2O4S. The van der Waals surface area contributed by atoms with Gasteiger partial charge in [0.15, 0.2) is 0 Å². The van der Waals surface area contributed by atoms with Crippen LogP contribution in [0.3, 0.4) is 0 Å². The predicted octanol–water partition coefficient (Wildman–Crippen LogP) is 3.04. The van der Waals surface area contributed by atoms with E-state index in [1.165, 1.54) is 0 Å². The van der Waals surface area contributed by atoms with Crippen molar-refractivity contribution in [3.8, 4) is 11.3 Å². The molecule has 27 heavy (non-hydrogen) atoms. The maximum Gasteiger partial charge on any atom is 0.257 e. The Balaban J connectivity index is 1.86. The number of furan rings is 1. The lowest BCUT2D eigenvalue weighted by molar-refractivity contribution is 0.0785. The molecule has 0 aliphatic carbocycles. The minimum Gasteiger partial charge on any atom is -0.461 e. The number of benzene rings is 1. The van der Waals surface area contributed by atoms with E-state index >= 15 is 0 Å². The van der Waals surface area contributed by atoms with Gasteiger partial charge in [-0.05, 0) is 25.3 Å². The second-order valence-electron chi connectivity index (χ2n) is 7.22. The fraction of sp³-hybridized carbons (Fsp3) is 0.450. The molecule has 0 radical (unpaired) electrons. The lowest BCUT2D eigenvalue weighted by atomic mass is 9.99. The van der Waals surface area contributed by atoms with Crippen LogP contribution in [0.5, 0.6) is 0 Å². The van der Waals surface area contributed by atoms with Gasteiger partial charge in [-0.1, -0.05) is 43.7 Å². The largest absolute Gasteiger partial charge is 0.461 e. The van der Waals surface area contributed by atoms with E-state index < -0.39 is 10.0 Å². The van der Waals surface area contributed by atoms with Crippen molar-refractivity contribution in [1.82, 2.24) is 9.62 Å². The van der Waals surface area contributed by atoms with Crippen LogP contribution >= 0.6 is 0 Å². The maximum absolute atomic E-state index is 13.2. The maximum atomic E-state index is 13.2. The number of amides is 1. The summed E-state index contributed by atoms with van der Waals surface area (Å²) >= 11 is 0. The first-order valence-electron chi connectivity index (χ1n) is 9.21. The Bertz CT molecular complexity index is 905.